The van der Waals surface area contributed by atoms with E-state index in [-0.39, 0.29) is 11.6 Å². The molecule has 0 bridgehead atoms. The summed E-state index contributed by atoms with van der Waals surface area (Å²) in [6, 6.07) is 20.0. The Hall–Kier alpha value is -2.17. The normalized spacial score (nSPS) is 11.5. The molecule has 3 aromatic carbocycles. The summed E-state index contributed by atoms with van der Waals surface area (Å²) >= 11 is 4.88. The van der Waals surface area contributed by atoms with Gasteiger partial charge in [-0.25, -0.2) is 4.39 Å². The molecule has 0 spiro atoms. The summed E-state index contributed by atoms with van der Waals surface area (Å²) in [4.78, 5) is 13.8. The van der Waals surface area contributed by atoms with E-state index in [9.17, 15) is 9.18 Å². The molecule has 0 unspecified atom stereocenters. The highest BCUT2D eigenvalue weighted by molar-refractivity contribution is 9.10. The number of hydrogen-bond acceptors (Lipinski definition) is 2. The van der Waals surface area contributed by atoms with Crippen molar-refractivity contribution < 1.29 is 9.18 Å². The third-order valence-corrected chi connectivity index (χ3v) is 5.98. The van der Waals surface area contributed by atoms with Crippen molar-refractivity contribution in [3.05, 3.63) is 110 Å². The van der Waals surface area contributed by atoms with E-state index in [0.717, 1.165) is 26.7 Å². The van der Waals surface area contributed by atoms with Gasteiger partial charge in [-0.05, 0) is 73.0 Å². The Morgan fingerprint density at radius 1 is 1.00 bits per heavy atom. The third-order valence-electron chi connectivity index (χ3n) is 4.36. The van der Waals surface area contributed by atoms with Gasteiger partial charge < -0.3 is 0 Å². The van der Waals surface area contributed by atoms with Gasteiger partial charge in [0, 0.05) is 15.8 Å². The number of ketones is 1. The van der Waals surface area contributed by atoms with Crippen molar-refractivity contribution in [1.82, 2.24) is 0 Å². The minimum Gasteiger partial charge on any atom is -0.288 e. The maximum Gasteiger partial charge on any atom is 0.199 e. The molecular formula is C24H20BrFOS. The Labute approximate surface area is 177 Å². The Bertz CT molecular complexity index is 1010. The Balaban J connectivity index is 1.93. The molecule has 0 aliphatic heterocycles. The van der Waals surface area contributed by atoms with Gasteiger partial charge in [-0.2, -0.15) is 0 Å². The van der Waals surface area contributed by atoms with Crippen molar-refractivity contribution in [2.45, 2.75) is 19.6 Å². The van der Waals surface area contributed by atoms with Gasteiger partial charge in [0.25, 0.3) is 0 Å². The van der Waals surface area contributed by atoms with Gasteiger partial charge in [-0.1, -0.05) is 51.8 Å². The minimum absolute atomic E-state index is 0.0134. The number of carbonyl (C=O) groups excluding carboxylic acids is 1. The molecule has 0 atom stereocenters. The number of halogens is 2. The standard InChI is InChI=1S/C24H20BrFOS/c1-16-3-4-17(2)20(13-16)14-23(24(27)19-7-9-21(25)10-8-19)28-15-18-5-11-22(26)12-6-18/h3-14H,15H2,1-2H3/b23-14+. The fourth-order valence-corrected chi connectivity index (χ4v) is 3.95. The summed E-state index contributed by atoms with van der Waals surface area (Å²) in [6.07, 6.45) is 1.96. The van der Waals surface area contributed by atoms with Crippen LogP contribution in [-0.2, 0) is 5.75 Å². The van der Waals surface area contributed by atoms with Crippen molar-refractivity contribution in [2.24, 2.45) is 0 Å². The van der Waals surface area contributed by atoms with Crippen LogP contribution in [0.25, 0.3) is 6.08 Å². The number of benzene rings is 3. The number of hydrogen-bond donors (Lipinski definition) is 0. The summed E-state index contributed by atoms with van der Waals surface area (Å²) in [5.41, 5.74) is 4.92. The number of thioether (sulfide) groups is 1. The zero-order valence-electron chi connectivity index (χ0n) is 15.7. The van der Waals surface area contributed by atoms with Crippen molar-refractivity contribution in [3.63, 3.8) is 0 Å². The molecule has 0 fully saturated rings. The van der Waals surface area contributed by atoms with Crippen LogP contribution in [0.2, 0.25) is 0 Å². The first-order valence-electron chi connectivity index (χ1n) is 8.89. The molecule has 0 saturated carbocycles. The van der Waals surface area contributed by atoms with E-state index in [1.807, 2.05) is 44.2 Å². The first-order chi connectivity index (χ1) is 13.4. The maximum atomic E-state index is 13.2. The van der Waals surface area contributed by atoms with Crippen LogP contribution >= 0.6 is 27.7 Å². The molecule has 0 radical (unpaired) electrons. The Morgan fingerprint density at radius 3 is 2.36 bits per heavy atom. The summed E-state index contributed by atoms with van der Waals surface area (Å²) < 4.78 is 14.1. The second-order valence-electron chi connectivity index (χ2n) is 6.62. The monoisotopic (exact) mass is 454 g/mol. The number of allylic oxidation sites excluding steroid dienone is 1. The zero-order valence-corrected chi connectivity index (χ0v) is 18.1. The molecule has 3 aromatic rings. The summed E-state index contributed by atoms with van der Waals surface area (Å²) in [7, 11) is 0. The molecular weight excluding hydrogens is 435 g/mol. The number of rotatable bonds is 6. The predicted molar refractivity (Wildman–Crippen MR) is 120 cm³/mol. The SMILES string of the molecule is Cc1ccc(C)c(/C=C(/SCc2ccc(F)cc2)C(=O)c2ccc(Br)cc2)c1. The van der Waals surface area contributed by atoms with Crippen LogP contribution < -0.4 is 0 Å². The number of Topliss-reactive ketones (excluding diaryl/α,β-unsaturated/α-hetero) is 1. The van der Waals surface area contributed by atoms with E-state index in [0.29, 0.717) is 16.2 Å². The molecule has 1 nitrogen and oxygen atoms in total. The first-order valence-corrected chi connectivity index (χ1v) is 10.7. The fourth-order valence-electron chi connectivity index (χ4n) is 2.71. The highest BCUT2D eigenvalue weighted by atomic mass is 79.9. The summed E-state index contributed by atoms with van der Waals surface area (Å²) in [5.74, 6) is 0.325. The van der Waals surface area contributed by atoms with E-state index in [4.69, 9.17) is 0 Å². The number of carbonyl (C=O) groups is 1. The molecule has 0 heterocycles. The molecule has 4 heteroatoms. The molecule has 28 heavy (non-hydrogen) atoms. The van der Waals surface area contributed by atoms with Crippen LogP contribution in [0.1, 0.15) is 32.6 Å². The maximum absolute atomic E-state index is 13.2. The molecule has 3 rings (SSSR count). The average molecular weight is 455 g/mol. The van der Waals surface area contributed by atoms with Crippen LogP contribution in [0.4, 0.5) is 4.39 Å². The fraction of sp³-hybridized carbons (Fsp3) is 0.125. The van der Waals surface area contributed by atoms with Crippen molar-refractivity contribution in [1.29, 1.82) is 0 Å². The summed E-state index contributed by atoms with van der Waals surface area (Å²) in [5, 5.41) is 0. The van der Waals surface area contributed by atoms with Gasteiger partial charge in [0.05, 0.1) is 4.91 Å². The molecule has 0 N–H and O–H groups in total. The van der Waals surface area contributed by atoms with Gasteiger partial charge in [0.15, 0.2) is 5.78 Å². The predicted octanol–water partition coefficient (Wildman–Crippen LogP) is 7.36. The lowest BCUT2D eigenvalue weighted by Crippen LogP contribution is -2.02. The Morgan fingerprint density at radius 2 is 1.68 bits per heavy atom. The van der Waals surface area contributed by atoms with Gasteiger partial charge in [0.2, 0.25) is 0 Å². The zero-order chi connectivity index (χ0) is 20.1. The van der Waals surface area contributed by atoms with Gasteiger partial charge in [-0.15, -0.1) is 11.8 Å². The van der Waals surface area contributed by atoms with Gasteiger partial charge >= 0.3 is 0 Å². The first kappa shape index (κ1) is 20.6. The topological polar surface area (TPSA) is 17.1 Å². The molecule has 0 aliphatic carbocycles. The highest BCUT2D eigenvalue weighted by Gasteiger charge is 2.14. The molecule has 0 aromatic heterocycles. The van der Waals surface area contributed by atoms with Crippen LogP contribution in [0.3, 0.4) is 0 Å². The lowest BCUT2D eigenvalue weighted by atomic mass is 10.0. The summed E-state index contributed by atoms with van der Waals surface area (Å²) in [6.45, 7) is 4.08. The Kier molecular flexibility index (Phi) is 6.87. The third kappa shape index (κ3) is 5.43. The van der Waals surface area contributed by atoms with Crippen LogP contribution in [0.15, 0.2) is 76.1 Å². The second kappa shape index (κ2) is 9.35. The van der Waals surface area contributed by atoms with E-state index < -0.39 is 0 Å². The van der Waals surface area contributed by atoms with Crippen LogP contribution in [0.5, 0.6) is 0 Å². The van der Waals surface area contributed by atoms with Gasteiger partial charge in [-0.3, -0.25) is 4.79 Å². The molecule has 0 amide bonds. The quantitative estimate of drug-likeness (QED) is 0.285. The molecule has 0 aliphatic rings. The van der Waals surface area contributed by atoms with Crippen molar-refractivity contribution in [2.75, 3.05) is 0 Å². The van der Waals surface area contributed by atoms with E-state index >= 15 is 0 Å². The molecule has 0 saturated heterocycles. The van der Waals surface area contributed by atoms with Crippen molar-refractivity contribution >= 4 is 39.6 Å². The molecule has 142 valence electrons. The lowest BCUT2D eigenvalue weighted by Gasteiger charge is -2.10. The van der Waals surface area contributed by atoms with Gasteiger partial charge in [0.1, 0.15) is 5.82 Å². The smallest absolute Gasteiger partial charge is 0.199 e. The van der Waals surface area contributed by atoms with Crippen molar-refractivity contribution in [3.8, 4) is 0 Å². The average Bonchev–Trinajstić information content (AvgIpc) is 2.69. The van der Waals surface area contributed by atoms with E-state index in [1.54, 1.807) is 12.1 Å². The largest absolute Gasteiger partial charge is 0.288 e. The highest BCUT2D eigenvalue weighted by Crippen LogP contribution is 2.29. The van der Waals surface area contributed by atoms with Crippen LogP contribution in [-0.4, -0.2) is 5.78 Å². The number of aryl methyl sites for hydroxylation is 2. The second-order valence-corrected chi connectivity index (χ2v) is 8.55. The minimum atomic E-state index is -0.258. The van der Waals surface area contributed by atoms with E-state index in [1.165, 1.54) is 23.9 Å². The van der Waals surface area contributed by atoms with E-state index in [2.05, 4.69) is 34.1 Å². The van der Waals surface area contributed by atoms with Crippen LogP contribution in [0, 0.1) is 19.7 Å². The lowest BCUT2D eigenvalue weighted by molar-refractivity contribution is 0.104.